The minimum absolute atomic E-state index is 0.109. The van der Waals surface area contributed by atoms with Crippen LogP contribution in [-0.4, -0.2) is 50.8 Å². The highest BCUT2D eigenvalue weighted by atomic mass is 32.2. The number of rotatable bonds is 6. The fourth-order valence-electron chi connectivity index (χ4n) is 3.25. The number of nitrogens with one attached hydrogen (secondary N) is 2. The lowest BCUT2D eigenvalue weighted by Gasteiger charge is -2.26. The van der Waals surface area contributed by atoms with Crippen LogP contribution in [0.2, 0.25) is 0 Å². The molecule has 1 aliphatic rings. The Balaban J connectivity index is 1.51. The van der Waals surface area contributed by atoms with Crippen molar-refractivity contribution in [2.24, 2.45) is 0 Å². The molecule has 0 saturated carbocycles. The van der Waals surface area contributed by atoms with E-state index in [1.165, 1.54) is 30.5 Å². The fraction of sp³-hybridized carbons (Fsp3) is 0.182. The van der Waals surface area contributed by atoms with E-state index in [1.807, 2.05) is 0 Å². The monoisotopic (exact) mass is 473 g/mol. The standard InChI is InChI=1S/C22H20FN3O6S/c23-18-7-6-17(14-20(18)33(29,30)26-8-11-31-12-9-26)24-21(27)15-3-1-4-16(13-15)25-22(28)19-5-2-10-32-19/h1-7,10,13-14H,8-9,11-12H2,(H,24,27)(H,25,28). The van der Waals surface area contributed by atoms with Crippen molar-refractivity contribution >= 4 is 33.2 Å². The Bertz CT molecular complexity index is 1270. The van der Waals surface area contributed by atoms with Gasteiger partial charge < -0.3 is 19.8 Å². The van der Waals surface area contributed by atoms with Gasteiger partial charge in [-0.05, 0) is 48.5 Å². The van der Waals surface area contributed by atoms with Gasteiger partial charge in [0.25, 0.3) is 11.8 Å². The van der Waals surface area contributed by atoms with Crippen LogP contribution in [0, 0.1) is 5.82 Å². The number of morpholine rings is 1. The Hall–Kier alpha value is -3.54. The number of benzene rings is 2. The number of hydrogen-bond acceptors (Lipinski definition) is 6. The van der Waals surface area contributed by atoms with Crippen LogP contribution in [0.5, 0.6) is 0 Å². The van der Waals surface area contributed by atoms with Gasteiger partial charge in [0, 0.05) is 30.0 Å². The van der Waals surface area contributed by atoms with Gasteiger partial charge in [0.1, 0.15) is 10.7 Å². The topological polar surface area (TPSA) is 118 Å². The number of furan rings is 1. The molecule has 2 heterocycles. The molecule has 4 rings (SSSR count). The third-order valence-corrected chi connectivity index (χ3v) is 6.82. The van der Waals surface area contributed by atoms with Crippen LogP contribution in [0.25, 0.3) is 0 Å². The van der Waals surface area contributed by atoms with E-state index in [0.29, 0.717) is 5.69 Å². The summed E-state index contributed by atoms with van der Waals surface area (Å²) < 4.78 is 51.4. The van der Waals surface area contributed by atoms with Crippen LogP contribution in [0.4, 0.5) is 15.8 Å². The minimum Gasteiger partial charge on any atom is -0.459 e. The summed E-state index contributed by atoms with van der Waals surface area (Å²) in [5.41, 5.74) is 0.672. The second-order valence-corrected chi connectivity index (χ2v) is 9.03. The first-order valence-corrected chi connectivity index (χ1v) is 11.4. The van der Waals surface area contributed by atoms with Crippen molar-refractivity contribution in [2.45, 2.75) is 4.90 Å². The Morgan fingerprint density at radius 3 is 2.36 bits per heavy atom. The molecule has 11 heteroatoms. The number of sulfonamides is 1. The molecule has 33 heavy (non-hydrogen) atoms. The Labute approximate surface area is 189 Å². The third-order valence-electron chi connectivity index (χ3n) is 4.90. The summed E-state index contributed by atoms with van der Waals surface area (Å²) in [5, 5.41) is 5.18. The molecule has 172 valence electrons. The van der Waals surface area contributed by atoms with Gasteiger partial charge in [-0.3, -0.25) is 9.59 Å². The van der Waals surface area contributed by atoms with Gasteiger partial charge in [-0.1, -0.05) is 6.07 Å². The first-order chi connectivity index (χ1) is 15.8. The number of carbonyl (C=O) groups excluding carboxylic acids is 2. The summed E-state index contributed by atoms with van der Waals surface area (Å²) in [4.78, 5) is 24.3. The van der Waals surface area contributed by atoms with Crippen molar-refractivity contribution in [3.8, 4) is 0 Å². The van der Waals surface area contributed by atoms with Crippen molar-refractivity contribution in [1.82, 2.24) is 4.31 Å². The Morgan fingerprint density at radius 2 is 1.64 bits per heavy atom. The molecule has 0 atom stereocenters. The molecule has 1 fully saturated rings. The van der Waals surface area contributed by atoms with Crippen LogP contribution < -0.4 is 10.6 Å². The van der Waals surface area contributed by atoms with Gasteiger partial charge >= 0.3 is 0 Å². The third kappa shape index (κ3) is 5.11. The zero-order valence-corrected chi connectivity index (χ0v) is 18.1. The average Bonchev–Trinajstić information content (AvgIpc) is 3.36. The predicted molar refractivity (Wildman–Crippen MR) is 117 cm³/mol. The SMILES string of the molecule is O=C(Nc1ccc(F)c(S(=O)(=O)N2CCOCC2)c1)c1cccc(NC(=O)c2ccco2)c1. The van der Waals surface area contributed by atoms with E-state index < -0.39 is 32.6 Å². The van der Waals surface area contributed by atoms with Crippen LogP contribution in [0.1, 0.15) is 20.9 Å². The van der Waals surface area contributed by atoms with E-state index in [0.717, 1.165) is 16.4 Å². The maximum absolute atomic E-state index is 14.4. The highest BCUT2D eigenvalue weighted by Crippen LogP contribution is 2.24. The Kier molecular flexibility index (Phi) is 6.54. The van der Waals surface area contributed by atoms with Crippen molar-refractivity contribution < 1.29 is 31.6 Å². The van der Waals surface area contributed by atoms with Crippen molar-refractivity contribution in [1.29, 1.82) is 0 Å². The summed E-state index contributed by atoms with van der Waals surface area (Å²) in [6, 6.07) is 12.6. The largest absolute Gasteiger partial charge is 0.459 e. The lowest BCUT2D eigenvalue weighted by Crippen LogP contribution is -2.40. The molecule has 0 bridgehead atoms. The number of halogens is 1. The minimum atomic E-state index is -4.09. The highest BCUT2D eigenvalue weighted by molar-refractivity contribution is 7.89. The molecule has 2 aromatic carbocycles. The van der Waals surface area contributed by atoms with Crippen molar-refractivity contribution in [3.05, 3.63) is 78.0 Å². The zero-order valence-electron chi connectivity index (χ0n) is 17.3. The normalized spacial score (nSPS) is 14.6. The first kappa shape index (κ1) is 22.6. The zero-order chi connectivity index (χ0) is 23.4. The number of anilines is 2. The van der Waals surface area contributed by atoms with E-state index in [-0.39, 0.29) is 43.3 Å². The molecular weight excluding hydrogens is 453 g/mol. The van der Waals surface area contributed by atoms with Crippen LogP contribution in [0.3, 0.4) is 0 Å². The number of carbonyl (C=O) groups is 2. The molecule has 3 aromatic rings. The van der Waals surface area contributed by atoms with Gasteiger partial charge in [-0.15, -0.1) is 0 Å². The highest BCUT2D eigenvalue weighted by Gasteiger charge is 2.29. The quantitative estimate of drug-likeness (QED) is 0.568. The molecule has 1 aromatic heterocycles. The summed E-state index contributed by atoms with van der Waals surface area (Å²) in [6.07, 6.45) is 1.37. The summed E-state index contributed by atoms with van der Waals surface area (Å²) >= 11 is 0. The molecule has 1 aliphatic heterocycles. The first-order valence-electron chi connectivity index (χ1n) is 9.98. The Morgan fingerprint density at radius 1 is 0.909 bits per heavy atom. The summed E-state index contributed by atoms with van der Waals surface area (Å²) in [7, 11) is -4.09. The van der Waals surface area contributed by atoms with Crippen molar-refractivity contribution in [2.75, 3.05) is 36.9 Å². The van der Waals surface area contributed by atoms with Gasteiger partial charge in [-0.2, -0.15) is 4.31 Å². The maximum Gasteiger partial charge on any atom is 0.291 e. The predicted octanol–water partition coefficient (Wildman–Crippen LogP) is 2.94. The van der Waals surface area contributed by atoms with Gasteiger partial charge in [-0.25, -0.2) is 12.8 Å². The van der Waals surface area contributed by atoms with Gasteiger partial charge in [0.05, 0.1) is 19.5 Å². The second kappa shape index (κ2) is 9.53. The van der Waals surface area contributed by atoms with E-state index >= 15 is 0 Å². The van der Waals surface area contributed by atoms with Gasteiger partial charge in [0.2, 0.25) is 10.0 Å². The fourth-order valence-corrected chi connectivity index (χ4v) is 4.75. The van der Waals surface area contributed by atoms with Gasteiger partial charge in [0.15, 0.2) is 5.76 Å². The smallest absolute Gasteiger partial charge is 0.291 e. The maximum atomic E-state index is 14.4. The molecule has 2 amide bonds. The molecule has 0 spiro atoms. The molecule has 2 N–H and O–H groups in total. The summed E-state index contributed by atoms with van der Waals surface area (Å²) in [5.74, 6) is -1.84. The van der Waals surface area contributed by atoms with E-state index in [9.17, 15) is 22.4 Å². The number of nitrogens with zero attached hydrogens (tertiary/aromatic N) is 1. The number of hydrogen-bond donors (Lipinski definition) is 2. The average molecular weight is 473 g/mol. The molecule has 9 nitrogen and oxygen atoms in total. The molecule has 0 radical (unpaired) electrons. The van der Waals surface area contributed by atoms with E-state index in [1.54, 1.807) is 18.2 Å². The summed E-state index contributed by atoms with van der Waals surface area (Å²) in [6.45, 7) is 0.692. The van der Waals surface area contributed by atoms with E-state index in [4.69, 9.17) is 9.15 Å². The van der Waals surface area contributed by atoms with Crippen molar-refractivity contribution in [3.63, 3.8) is 0 Å². The number of amides is 2. The molecule has 0 unspecified atom stereocenters. The van der Waals surface area contributed by atoms with Crippen LogP contribution in [-0.2, 0) is 14.8 Å². The van der Waals surface area contributed by atoms with E-state index in [2.05, 4.69) is 10.6 Å². The van der Waals surface area contributed by atoms with Crippen LogP contribution in [0.15, 0.2) is 70.2 Å². The second-order valence-electron chi connectivity index (χ2n) is 7.13. The number of ether oxygens (including phenoxy) is 1. The molecular formula is C22H20FN3O6S. The van der Waals surface area contributed by atoms with Crippen LogP contribution >= 0.6 is 0 Å². The lowest BCUT2D eigenvalue weighted by atomic mass is 10.1. The molecule has 0 aliphatic carbocycles. The molecule has 1 saturated heterocycles. The lowest BCUT2D eigenvalue weighted by molar-refractivity contribution is 0.0729.